The van der Waals surface area contributed by atoms with Crippen LogP contribution in [0.25, 0.3) is 0 Å². The third-order valence-corrected chi connectivity index (χ3v) is 4.17. The van der Waals surface area contributed by atoms with Crippen molar-refractivity contribution in [2.45, 2.75) is 6.42 Å². The van der Waals surface area contributed by atoms with E-state index in [-0.39, 0.29) is 5.75 Å². The number of rotatable bonds is 5. The van der Waals surface area contributed by atoms with E-state index < -0.39 is 10.0 Å². The van der Waals surface area contributed by atoms with Gasteiger partial charge < -0.3 is 0 Å². The average Bonchev–Trinajstić information content (AvgIpc) is 2.19. The summed E-state index contributed by atoms with van der Waals surface area (Å²) in [6.07, 6.45) is 0.408. The molecule has 0 aromatic heterocycles. The molecule has 0 spiro atoms. The molecule has 3 nitrogen and oxygen atoms in total. The topological polar surface area (TPSA) is 46.2 Å². The third kappa shape index (κ3) is 4.49. The van der Waals surface area contributed by atoms with E-state index in [4.69, 9.17) is 23.2 Å². The summed E-state index contributed by atoms with van der Waals surface area (Å²) >= 11 is 14.6. The van der Waals surface area contributed by atoms with Crippen LogP contribution in [0, 0.1) is 0 Å². The Morgan fingerprint density at radius 2 is 2.06 bits per heavy atom. The van der Waals surface area contributed by atoms with E-state index in [1.165, 1.54) is 0 Å². The number of benzene rings is 1. The maximum Gasteiger partial charge on any atom is 0.232 e. The van der Waals surface area contributed by atoms with Gasteiger partial charge in [0.15, 0.2) is 0 Å². The van der Waals surface area contributed by atoms with Crippen molar-refractivity contribution in [3.8, 4) is 0 Å². The number of anilines is 1. The van der Waals surface area contributed by atoms with Crippen LogP contribution in [0.5, 0.6) is 0 Å². The number of hydrogen-bond donors (Lipinski definition) is 1. The summed E-state index contributed by atoms with van der Waals surface area (Å²) in [7, 11) is -3.37. The summed E-state index contributed by atoms with van der Waals surface area (Å²) in [4.78, 5) is 0. The molecule has 1 aromatic rings. The Bertz CT molecular complexity index is 465. The molecule has 0 aliphatic carbocycles. The van der Waals surface area contributed by atoms with Gasteiger partial charge >= 0.3 is 0 Å². The second kappa shape index (κ2) is 6.10. The van der Waals surface area contributed by atoms with Crippen LogP contribution in [-0.2, 0) is 10.0 Å². The zero-order valence-electron chi connectivity index (χ0n) is 8.21. The first-order valence-electron chi connectivity index (χ1n) is 4.46. The molecule has 0 bridgehead atoms. The van der Waals surface area contributed by atoms with Gasteiger partial charge in [-0.1, -0.05) is 27.5 Å². The smallest absolute Gasteiger partial charge is 0.232 e. The second-order valence-corrected chi connectivity index (χ2v) is 6.63. The van der Waals surface area contributed by atoms with Gasteiger partial charge in [0.05, 0.1) is 16.5 Å². The maximum absolute atomic E-state index is 11.6. The molecule has 0 unspecified atom stereocenters. The molecular formula is C9H10BrCl2NO2S. The highest BCUT2D eigenvalue weighted by Crippen LogP contribution is 2.26. The number of nitrogens with one attached hydrogen (secondary N) is 1. The van der Waals surface area contributed by atoms with Crippen molar-refractivity contribution in [3.05, 3.63) is 27.7 Å². The lowest BCUT2D eigenvalue weighted by Gasteiger charge is -2.09. The minimum atomic E-state index is -3.37. The zero-order chi connectivity index (χ0) is 12.2. The molecule has 0 saturated heterocycles. The van der Waals surface area contributed by atoms with Crippen LogP contribution in [0.3, 0.4) is 0 Å². The molecule has 0 amide bonds. The molecule has 0 atom stereocenters. The Labute approximate surface area is 113 Å². The summed E-state index contributed by atoms with van der Waals surface area (Å²) < 4.78 is 26.3. The molecule has 0 aliphatic rings. The summed E-state index contributed by atoms with van der Waals surface area (Å²) in [6, 6.07) is 4.94. The van der Waals surface area contributed by atoms with E-state index in [0.29, 0.717) is 23.0 Å². The van der Waals surface area contributed by atoms with Crippen molar-refractivity contribution in [2.75, 3.05) is 16.4 Å². The van der Waals surface area contributed by atoms with Crippen LogP contribution in [0.15, 0.2) is 22.7 Å². The number of alkyl halides is 1. The molecule has 1 N–H and O–H groups in total. The van der Waals surface area contributed by atoms with E-state index in [2.05, 4.69) is 20.7 Å². The number of hydrogen-bond acceptors (Lipinski definition) is 2. The van der Waals surface area contributed by atoms with Crippen molar-refractivity contribution < 1.29 is 8.42 Å². The highest BCUT2D eigenvalue weighted by Gasteiger charge is 2.11. The lowest BCUT2D eigenvalue weighted by molar-refractivity contribution is 0.600. The van der Waals surface area contributed by atoms with Crippen LogP contribution in [0.4, 0.5) is 5.69 Å². The van der Waals surface area contributed by atoms with Crippen molar-refractivity contribution in [1.29, 1.82) is 0 Å². The molecule has 0 saturated carbocycles. The minimum absolute atomic E-state index is 0.0110. The molecule has 16 heavy (non-hydrogen) atoms. The van der Waals surface area contributed by atoms with E-state index in [0.717, 1.165) is 4.47 Å². The van der Waals surface area contributed by atoms with Gasteiger partial charge in [-0.25, -0.2) is 8.42 Å². The molecule has 1 rings (SSSR count). The molecule has 7 heteroatoms. The quantitative estimate of drug-likeness (QED) is 0.829. The van der Waals surface area contributed by atoms with Gasteiger partial charge in [0, 0.05) is 10.4 Å². The van der Waals surface area contributed by atoms with Crippen molar-refractivity contribution in [2.24, 2.45) is 0 Å². The zero-order valence-corrected chi connectivity index (χ0v) is 12.1. The molecule has 90 valence electrons. The van der Waals surface area contributed by atoms with Gasteiger partial charge in [-0.2, -0.15) is 0 Å². The SMILES string of the molecule is O=S(=O)(CCCCl)Nc1ccc(Br)cc1Cl. The normalized spacial score (nSPS) is 11.4. The fourth-order valence-corrected chi connectivity index (χ4v) is 3.24. The van der Waals surface area contributed by atoms with Gasteiger partial charge in [-0.3, -0.25) is 4.72 Å². The van der Waals surface area contributed by atoms with E-state index in [9.17, 15) is 8.42 Å². The highest BCUT2D eigenvalue weighted by molar-refractivity contribution is 9.10. The van der Waals surface area contributed by atoms with E-state index in [1.54, 1.807) is 18.2 Å². The molecular weight excluding hydrogens is 337 g/mol. The Morgan fingerprint density at radius 1 is 1.38 bits per heavy atom. The Morgan fingerprint density at radius 3 is 2.62 bits per heavy atom. The van der Waals surface area contributed by atoms with Gasteiger partial charge in [0.1, 0.15) is 0 Å². The molecule has 1 aromatic carbocycles. The lowest BCUT2D eigenvalue weighted by atomic mass is 10.3. The summed E-state index contributed by atoms with van der Waals surface area (Å²) in [6.45, 7) is 0. The summed E-state index contributed by atoms with van der Waals surface area (Å²) in [5.41, 5.74) is 0.374. The molecule has 0 radical (unpaired) electrons. The van der Waals surface area contributed by atoms with Crippen LogP contribution in [0.1, 0.15) is 6.42 Å². The van der Waals surface area contributed by atoms with Crippen LogP contribution < -0.4 is 4.72 Å². The summed E-state index contributed by atoms with van der Waals surface area (Å²) in [5, 5.41) is 0.351. The predicted molar refractivity (Wildman–Crippen MR) is 71.9 cm³/mol. The number of halogens is 3. The standard InChI is InChI=1S/C9H10BrCl2NO2S/c10-7-2-3-9(8(12)6-7)13-16(14,15)5-1-4-11/h2-3,6,13H,1,4-5H2. The Hall–Kier alpha value is 0.0300. The average molecular weight is 347 g/mol. The Kier molecular flexibility index (Phi) is 5.37. The van der Waals surface area contributed by atoms with E-state index >= 15 is 0 Å². The lowest BCUT2D eigenvalue weighted by Crippen LogP contribution is -2.17. The molecule has 0 aliphatic heterocycles. The monoisotopic (exact) mass is 345 g/mol. The first kappa shape index (κ1) is 14.1. The minimum Gasteiger partial charge on any atom is -0.282 e. The van der Waals surface area contributed by atoms with Crippen molar-refractivity contribution >= 4 is 54.8 Å². The van der Waals surface area contributed by atoms with Gasteiger partial charge in [-0.05, 0) is 24.6 Å². The number of sulfonamides is 1. The molecule has 0 heterocycles. The third-order valence-electron chi connectivity index (χ3n) is 1.74. The van der Waals surface area contributed by atoms with Crippen molar-refractivity contribution in [1.82, 2.24) is 0 Å². The largest absolute Gasteiger partial charge is 0.282 e. The summed E-state index contributed by atoms with van der Waals surface area (Å²) in [5.74, 6) is 0.303. The van der Waals surface area contributed by atoms with Crippen LogP contribution in [0.2, 0.25) is 5.02 Å². The van der Waals surface area contributed by atoms with Gasteiger partial charge in [-0.15, -0.1) is 11.6 Å². The predicted octanol–water partition coefficient (Wildman–Crippen LogP) is 3.47. The molecule has 0 fully saturated rings. The Balaban J connectivity index is 2.80. The van der Waals surface area contributed by atoms with Crippen LogP contribution >= 0.6 is 39.1 Å². The fraction of sp³-hybridized carbons (Fsp3) is 0.333. The highest BCUT2D eigenvalue weighted by atomic mass is 79.9. The van der Waals surface area contributed by atoms with Gasteiger partial charge in [0.25, 0.3) is 0 Å². The van der Waals surface area contributed by atoms with Crippen molar-refractivity contribution in [3.63, 3.8) is 0 Å². The van der Waals surface area contributed by atoms with Crippen LogP contribution in [-0.4, -0.2) is 20.1 Å². The fourth-order valence-electron chi connectivity index (χ4n) is 1.04. The first-order chi connectivity index (χ1) is 7.44. The first-order valence-corrected chi connectivity index (χ1v) is 7.82. The second-order valence-electron chi connectivity index (χ2n) is 3.09. The van der Waals surface area contributed by atoms with E-state index in [1.807, 2.05) is 0 Å². The van der Waals surface area contributed by atoms with Gasteiger partial charge in [0.2, 0.25) is 10.0 Å². The maximum atomic E-state index is 11.6.